The van der Waals surface area contributed by atoms with Gasteiger partial charge in [-0.1, -0.05) is 13.8 Å². The summed E-state index contributed by atoms with van der Waals surface area (Å²) in [7, 11) is 0. The number of carboxylic acids is 4. The molecule has 0 rings (SSSR count). The van der Waals surface area contributed by atoms with Gasteiger partial charge in [0, 0.05) is 19.1 Å². The summed E-state index contributed by atoms with van der Waals surface area (Å²) >= 11 is 3.79. The molecule has 236 valence electrons. The van der Waals surface area contributed by atoms with E-state index in [9.17, 15) is 48.3 Å². The number of hydrogen-bond acceptors (Lipinski definition) is 10. The van der Waals surface area contributed by atoms with E-state index in [1.807, 2.05) is 5.32 Å². The molecule has 0 aliphatic carbocycles. The average molecular weight is 622 g/mol. The zero-order valence-electron chi connectivity index (χ0n) is 22.9. The largest absolute Gasteiger partial charge is 0.481 e. The third kappa shape index (κ3) is 14.3. The summed E-state index contributed by atoms with van der Waals surface area (Å²) < 4.78 is 0. The molecule has 0 aromatic rings. The molecule has 0 saturated heterocycles. The molecular formula is C23H35N5O13S. The summed E-state index contributed by atoms with van der Waals surface area (Å²) in [5, 5.41) is 47.1. The van der Waals surface area contributed by atoms with Gasteiger partial charge in [-0.25, -0.2) is 4.79 Å². The molecule has 0 aliphatic heterocycles. The van der Waals surface area contributed by atoms with Crippen molar-refractivity contribution in [2.75, 3.05) is 5.75 Å². The minimum Gasteiger partial charge on any atom is -0.481 e. The lowest BCUT2D eigenvalue weighted by Gasteiger charge is -2.28. The lowest BCUT2D eigenvalue weighted by Crippen LogP contribution is -2.60. The first-order chi connectivity index (χ1) is 19.4. The van der Waals surface area contributed by atoms with Crippen LogP contribution in [0.1, 0.15) is 46.5 Å². The molecule has 0 unspecified atom stereocenters. The summed E-state index contributed by atoms with van der Waals surface area (Å²) in [6, 6.07) is -8.00. The summed E-state index contributed by atoms with van der Waals surface area (Å²) in [5.74, 6) is -12.1. The summed E-state index contributed by atoms with van der Waals surface area (Å²) in [4.78, 5) is 107. The third-order valence-electron chi connectivity index (χ3n) is 5.41. The number of carbonyl (C=O) groups is 9. The highest BCUT2D eigenvalue weighted by Gasteiger charge is 2.34. The summed E-state index contributed by atoms with van der Waals surface area (Å²) in [6.45, 7) is 3.94. The fourth-order valence-corrected chi connectivity index (χ4v) is 3.58. The van der Waals surface area contributed by atoms with Crippen LogP contribution < -0.4 is 26.6 Å². The second kappa shape index (κ2) is 18.1. The number of rotatable bonds is 19. The minimum atomic E-state index is -1.77. The van der Waals surface area contributed by atoms with Crippen LogP contribution in [0.2, 0.25) is 0 Å². The molecule has 0 aliphatic rings. The summed E-state index contributed by atoms with van der Waals surface area (Å²) in [6.07, 6.45) is -2.97. The van der Waals surface area contributed by atoms with E-state index >= 15 is 0 Å². The second-order valence-electron chi connectivity index (χ2n) is 9.32. The van der Waals surface area contributed by atoms with E-state index in [1.54, 1.807) is 0 Å². The lowest BCUT2D eigenvalue weighted by molar-refractivity contribution is -0.144. The van der Waals surface area contributed by atoms with Gasteiger partial charge in [0.2, 0.25) is 29.5 Å². The van der Waals surface area contributed by atoms with Crippen molar-refractivity contribution in [3.05, 3.63) is 0 Å². The number of carboxylic acid groups (broad SMARTS) is 4. The van der Waals surface area contributed by atoms with Crippen molar-refractivity contribution in [1.82, 2.24) is 26.6 Å². The van der Waals surface area contributed by atoms with E-state index in [-0.39, 0.29) is 5.75 Å². The van der Waals surface area contributed by atoms with E-state index in [0.717, 1.165) is 6.92 Å². The molecule has 19 heteroatoms. The van der Waals surface area contributed by atoms with Crippen LogP contribution >= 0.6 is 12.6 Å². The molecule has 0 fully saturated rings. The molecule has 9 N–H and O–H groups in total. The van der Waals surface area contributed by atoms with Gasteiger partial charge in [-0.15, -0.1) is 0 Å². The number of thiol groups is 1. The van der Waals surface area contributed by atoms with Crippen molar-refractivity contribution in [3.8, 4) is 0 Å². The molecule has 0 aromatic heterocycles. The molecule has 42 heavy (non-hydrogen) atoms. The van der Waals surface area contributed by atoms with Crippen LogP contribution in [0.5, 0.6) is 0 Å². The first kappa shape index (κ1) is 37.6. The fourth-order valence-electron chi connectivity index (χ4n) is 3.33. The van der Waals surface area contributed by atoms with Crippen molar-refractivity contribution in [2.45, 2.75) is 76.7 Å². The van der Waals surface area contributed by atoms with Gasteiger partial charge in [0.05, 0.1) is 12.8 Å². The lowest BCUT2D eigenvalue weighted by atomic mass is 10.0. The predicted octanol–water partition coefficient (Wildman–Crippen LogP) is -3.09. The molecule has 0 aromatic carbocycles. The highest BCUT2D eigenvalue weighted by Crippen LogP contribution is 2.08. The van der Waals surface area contributed by atoms with Gasteiger partial charge < -0.3 is 47.0 Å². The van der Waals surface area contributed by atoms with Gasteiger partial charge >= 0.3 is 23.9 Å². The van der Waals surface area contributed by atoms with E-state index < -0.39 is 115 Å². The quantitative estimate of drug-likeness (QED) is 0.0641. The van der Waals surface area contributed by atoms with Crippen LogP contribution in [0.4, 0.5) is 0 Å². The molecule has 5 amide bonds. The van der Waals surface area contributed by atoms with Crippen LogP contribution in [-0.4, -0.2) is 110 Å². The normalized spacial score (nSPS) is 14.2. The molecule has 0 bridgehead atoms. The van der Waals surface area contributed by atoms with Crippen molar-refractivity contribution >= 4 is 66.0 Å². The molecule has 0 radical (unpaired) electrons. The maximum Gasteiger partial charge on any atom is 0.327 e. The Bertz CT molecular complexity index is 1050. The van der Waals surface area contributed by atoms with Gasteiger partial charge in [0.15, 0.2) is 0 Å². The van der Waals surface area contributed by atoms with Gasteiger partial charge in [-0.2, -0.15) is 12.6 Å². The first-order valence-electron chi connectivity index (χ1n) is 12.4. The number of nitrogens with one attached hydrogen (secondary N) is 5. The summed E-state index contributed by atoms with van der Waals surface area (Å²) in [5.41, 5.74) is 0. The van der Waals surface area contributed by atoms with E-state index in [2.05, 4.69) is 33.9 Å². The SMILES string of the molecule is CC(=O)N[C@@H](CC(=O)O)C(=O)N[C@@H](CCC(=O)O)C(=O)N[C@H](C(=O)N[C@@H](CC(=O)O)C(=O)N[C@@H](CS)C(=O)O)C(C)C. The van der Waals surface area contributed by atoms with Crippen molar-refractivity contribution in [1.29, 1.82) is 0 Å². The average Bonchev–Trinajstić information content (AvgIpc) is 2.85. The van der Waals surface area contributed by atoms with Crippen LogP contribution in [0.15, 0.2) is 0 Å². The zero-order valence-corrected chi connectivity index (χ0v) is 23.8. The number of hydrogen-bond donors (Lipinski definition) is 10. The van der Waals surface area contributed by atoms with Crippen LogP contribution in [0, 0.1) is 5.92 Å². The molecular weight excluding hydrogens is 586 g/mol. The van der Waals surface area contributed by atoms with E-state index in [4.69, 9.17) is 15.3 Å². The Balaban J connectivity index is 5.96. The van der Waals surface area contributed by atoms with Crippen molar-refractivity contribution < 1.29 is 63.6 Å². The molecule has 18 nitrogen and oxygen atoms in total. The number of amides is 5. The Labute approximate surface area is 244 Å². The predicted molar refractivity (Wildman–Crippen MR) is 143 cm³/mol. The Morgan fingerprint density at radius 2 is 1.02 bits per heavy atom. The molecule has 0 saturated carbocycles. The van der Waals surface area contributed by atoms with E-state index in [0.29, 0.717) is 0 Å². The maximum atomic E-state index is 13.1. The first-order valence-corrected chi connectivity index (χ1v) is 13.0. The Morgan fingerprint density at radius 3 is 1.40 bits per heavy atom. The zero-order chi connectivity index (χ0) is 32.7. The number of carbonyl (C=O) groups excluding carboxylic acids is 5. The van der Waals surface area contributed by atoms with Crippen LogP contribution in [-0.2, 0) is 43.2 Å². The monoisotopic (exact) mass is 621 g/mol. The molecule has 0 heterocycles. The molecule has 5 atom stereocenters. The molecule has 0 spiro atoms. The highest BCUT2D eigenvalue weighted by molar-refractivity contribution is 7.80. The Kier molecular flexibility index (Phi) is 16.2. The maximum absolute atomic E-state index is 13.1. The van der Waals surface area contributed by atoms with Gasteiger partial charge in [0.1, 0.15) is 30.2 Å². The standard InChI is InChI=1S/C23H35N5O13S/c1-9(2)18(22(39)26-13(7-17(34)35)21(38)27-14(8-42)23(40)41)28-19(36)11(4-5-15(30)31)25-20(37)12(6-16(32)33)24-10(3)29/h9,11-14,18,42H,4-8H2,1-3H3,(H,24,29)(H,25,37)(H,26,39)(H,27,38)(H,28,36)(H,30,31)(H,32,33)(H,34,35)(H,40,41)/t11-,12-,13-,14-,18-/m0/s1. The Morgan fingerprint density at radius 1 is 0.595 bits per heavy atom. The number of aliphatic carboxylic acids is 4. The highest BCUT2D eigenvalue weighted by atomic mass is 32.1. The topological polar surface area (TPSA) is 295 Å². The smallest absolute Gasteiger partial charge is 0.327 e. The van der Waals surface area contributed by atoms with Crippen molar-refractivity contribution in [2.24, 2.45) is 5.92 Å². The van der Waals surface area contributed by atoms with Crippen molar-refractivity contribution in [3.63, 3.8) is 0 Å². The van der Waals surface area contributed by atoms with Gasteiger partial charge in [-0.05, 0) is 12.3 Å². The van der Waals surface area contributed by atoms with Gasteiger partial charge in [-0.3, -0.25) is 38.4 Å². The third-order valence-corrected chi connectivity index (χ3v) is 5.77. The van der Waals surface area contributed by atoms with Crippen LogP contribution in [0.25, 0.3) is 0 Å². The Hall–Kier alpha value is -4.42. The fraction of sp³-hybridized carbons (Fsp3) is 0.609. The van der Waals surface area contributed by atoms with E-state index in [1.165, 1.54) is 13.8 Å². The van der Waals surface area contributed by atoms with Crippen LogP contribution in [0.3, 0.4) is 0 Å². The minimum absolute atomic E-state index is 0.349. The second-order valence-corrected chi connectivity index (χ2v) is 9.68. The van der Waals surface area contributed by atoms with Gasteiger partial charge in [0.25, 0.3) is 0 Å².